The first-order valence-corrected chi connectivity index (χ1v) is 7.71. The second kappa shape index (κ2) is 7.76. The van der Waals surface area contributed by atoms with E-state index in [-0.39, 0.29) is 5.91 Å². The fourth-order valence-electron chi connectivity index (χ4n) is 2.33. The van der Waals surface area contributed by atoms with Gasteiger partial charge in [-0.15, -0.1) is 0 Å². The van der Waals surface area contributed by atoms with Gasteiger partial charge in [-0.3, -0.25) is 4.79 Å². The van der Waals surface area contributed by atoms with Gasteiger partial charge in [0.05, 0.1) is 6.61 Å². The third-order valence-electron chi connectivity index (χ3n) is 3.59. The molecule has 23 heavy (non-hydrogen) atoms. The highest BCUT2D eigenvalue weighted by molar-refractivity contribution is 5.94. The minimum atomic E-state index is -0.433. The number of morpholine rings is 1. The van der Waals surface area contributed by atoms with Gasteiger partial charge in [0.15, 0.2) is 0 Å². The van der Waals surface area contributed by atoms with Gasteiger partial charge in [-0.25, -0.2) is 0 Å². The molecule has 0 radical (unpaired) electrons. The normalized spacial score (nSPS) is 17.5. The zero-order chi connectivity index (χ0) is 15.9. The molecule has 0 bridgehead atoms. The second-order valence-corrected chi connectivity index (χ2v) is 5.35. The molecule has 1 aliphatic heterocycles. The molecule has 3 rings (SSSR count). The first-order chi connectivity index (χ1) is 11.3. The second-order valence-electron chi connectivity index (χ2n) is 5.35. The highest BCUT2D eigenvalue weighted by Gasteiger charge is 2.21. The minimum Gasteiger partial charge on any atom is -0.489 e. The topological polar surface area (TPSA) is 59.6 Å². The van der Waals surface area contributed by atoms with Crippen LogP contribution in [0.1, 0.15) is 5.56 Å². The zero-order valence-corrected chi connectivity index (χ0v) is 12.8. The summed E-state index contributed by atoms with van der Waals surface area (Å²) in [5, 5.41) is 5.99. The lowest BCUT2D eigenvalue weighted by atomic mass is 10.2. The molecule has 0 aliphatic carbocycles. The molecule has 1 atom stereocenters. The van der Waals surface area contributed by atoms with E-state index in [9.17, 15) is 4.79 Å². The molecule has 5 heteroatoms. The van der Waals surface area contributed by atoms with Gasteiger partial charge in [-0.2, -0.15) is 0 Å². The van der Waals surface area contributed by atoms with Gasteiger partial charge < -0.3 is 20.1 Å². The fraction of sp³-hybridized carbons (Fsp3) is 0.278. The minimum absolute atomic E-state index is 0.129. The van der Waals surface area contributed by atoms with Crippen LogP contribution in [0.5, 0.6) is 5.75 Å². The van der Waals surface area contributed by atoms with E-state index in [1.165, 1.54) is 0 Å². The Hall–Kier alpha value is -2.37. The average molecular weight is 312 g/mol. The molecule has 2 aromatic carbocycles. The SMILES string of the molecule is O=C(Nc1ccc(OCc2ccccc2)cc1)C1CNCCO1. The van der Waals surface area contributed by atoms with Gasteiger partial charge in [0.2, 0.25) is 0 Å². The van der Waals surface area contributed by atoms with Crippen LogP contribution >= 0.6 is 0 Å². The van der Waals surface area contributed by atoms with Crippen LogP contribution in [0.3, 0.4) is 0 Å². The number of rotatable bonds is 5. The number of amides is 1. The molecule has 0 saturated carbocycles. The van der Waals surface area contributed by atoms with E-state index in [1.807, 2.05) is 54.6 Å². The number of carbonyl (C=O) groups excluding carboxylic acids is 1. The Morgan fingerprint density at radius 1 is 1.17 bits per heavy atom. The van der Waals surface area contributed by atoms with Gasteiger partial charge in [0.25, 0.3) is 5.91 Å². The van der Waals surface area contributed by atoms with Crippen LogP contribution in [-0.2, 0) is 16.1 Å². The summed E-state index contributed by atoms with van der Waals surface area (Å²) in [6.07, 6.45) is -0.433. The molecule has 0 aromatic heterocycles. The molecule has 1 amide bonds. The van der Waals surface area contributed by atoms with Gasteiger partial charge >= 0.3 is 0 Å². The fourth-order valence-corrected chi connectivity index (χ4v) is 2.33. The maximum Gasteiger partial charge on any atom is 0.254 e. The Morgan fingerprint density at radius 3 is 2.65 bits per heavy atom. The standard InChI is InChI=1S/C18H20N2O3/c21-18(17-12-19-10-11-22-17)20-15-6-8-16(9-7-15)23-13-14-4-2-1-3-5-14/h1-9,17,19H,10-13H2,(H,20,21). The van der Waals surface area contributed by atoms with Crippen molar-refractivity contribution in [2.75, 3.05) is 25.0 Å². The van der Waals surface area contributed by atoms with E-state index in [4.69, 9.17) is 9.47 Å². The number of anilines is 1. The third-order valence-corrected chi connectivity index (χ3v) is 3.59. The van der Waals surface area contributed by atoms with Crippen molar-refractivity contribution in [2.45, 2.75) is 12.7 Å². The van der Waals surface area contributed by atoms with Crippen LogP contribution in [0.4, 0.5) is 5.69 Å². The van der Waals surface area contributed by atoms with Crippen molar-refractivity contribution in [3.8, 4) is 5.75 Å². The van der Waals surface area contributed by atoms with Crippen molar-refractivity contribution < 1.29 is 14.3 Å². The molecule has 1 unspecified atom stereocenters. The summed E-state index contributed by atoms with van der Waals surface area (Å²) >= 11 is 0. The monoisotopic (exact) mass is 312 g/mol. The largest absolute Gasteiger partial charge is 0.489 e. The Balaban J connectivity index is 1.51. The predicted molar refractivity (Wildman–Crippen MR) is 88.5 cm³/mol. The molecule has 120 valence electrons. The first kappa shape index (κ1) is 15.5. The lowest BCUT2D eigenvalue weighted by Gasteiger charge is -2.22. The zero-order valence-electron chi connectivity index (χ0n) is 12.8. The van der Waals surface area contributed by atoms with Crippen molar-refractivity contribution in [1.82, 2.24) is 5.32 Å². The van der Waals surface area contributed by atoms with Crippen LogP contribution in [0.2, 0.25) is 0 Å². The van der Waals surface area contributed by atoms with Crippen molar-refractivity contribution in [3.05, 3.63) is 60.2 Å². The van der Waals surface area contributed by atoms with E-state index in [0.29, 0.717) is 19.8 Å². The Labute approximate surface area is 135 Å². The highest BCUT2D eigenvalue weighted by atomic mass is 16.5. The molecule has 1 saturated heterocycles. The summed E-state index contributed by atoms with van der Waals surface area (Å²) in [4.78, 5) is 12.1. The number of carbonyl (C=O) groups is 1. The van der Waals surface area contributed by atoms with E-state index in [1.54, 1.807) is 0 Å². The van der Waals surface area contributed by atoms with Crippen molar-refractivity contribution in [1.29, 1.82) is 0 Å². The Bertz CT molecular complexity index is 622. The average Bonchev–Trinajstić information content (AvgIpc) is 2.63. The van der Waals surface area contributed by atoms with Crippen LogP contribution in [0.15, 0.2) is 54.6 Å². The molecule has 2 aromatic rings. The summed E-state index contributed by atoms with van der Waals surface area (Å²) in [5.74, 6) is 0.637. The quantitative estimate of drug-likeness (QED) is 0.888. The summed E-state index contributed by atoms with van der Waals surface area (Å²) in [7, 11) is 0. The van der Waals surface area contributed by atoms with Crippen LogP contribution < -0.4 is 15.4 Å². The van der Waals surface area contributed by atoms with E-state index in [0.717, 1.165) is 23.5 Å². The number of hydrogen-bond acceptors (Lipinski definition) is 4. The smallest absolute Gasteiger partial charge is 0.254 e. The molecule has 0 spiro atoms. The van der Waals surface area contributed by atoms with E-state index >= 15 is 0 Å². The predicted octanol–water partition coefficient (Wildman–Crippen LogP) is 2.19. The summed E-state index contributed by atoms with van der Waals surface area (Å²) < 4.78 is 11.1. The van der Waals surface area contributed by atoms with Crippen molar-refractivity contribution in [2.24, 2.45) is 0 Å². The van der Waals surface area contributed by atoms with Gasteiger partial charge in [-0.1, -0.05) is 30.3 Å². The molecular weight excluding hydrogens is 292 g/mol. The Morgan fingerprint density at radius 2 is 1.96 bits per heavy atom. The number of nitrogens with one attached hydrogen (secondary N) is 2. The number of benzene rings is 2. The van der Waals surface area contributed by atoms with Gasteiger partial charge in [0, 0.05) is 18.8 Å². The van der Waals surface area contributed by atoms with Crippen LogP contribution in [0, 0.1) is 0 Å². The number of hydrogen-bond donors (Lipinski definition) is 2. The van der Waals surface area contributed by atoms with Gasteiger partial charge in [0.1, 0.15) is 18.5 Å². The maximum absolute atomic E-state index is 12.1. The molecule has 1 heterocycles. The molecule has 1 aliphatic rings. The van der Waals surface area contributed by atoms with E-state index in [2.05, 4.69) is 10.6 Å². The van der Waals surface area contributed by atoms with Crippen LogP contribution in [0.25, 0.3) is 0 Å². The lowest BCUT2D eigenvalue weighted by molar-refractivity contribution is -0.128. The molecule has 1 fully saturated rings. The maximum atomic E-state index is 12.1. The number of ether oxygens (including phenoxy) is 2. The molecule has 2 N–H and O–H groups in total. The lowest BCUT2D eigenvalue weighted by Crippen LogP contribution is -2.45. The first-order valence-electron chi connectivity index (χ1n) is 7.71. The van der Waals surface area contributed by atoms with Crippen LogP contribution in [-0.4, -0.2) is 31.7 Å². The van der Waals surface area contributed by atoms with Crippen molar-refractivity contribution >= 4 is 11.6 Å². The highest BCUT2D eigenvalue weighted by Crippen LogP contribution is 2.17. The molecule has 5 nitrogen and oxygen atoms in total. The summed E-state index contributed by atoms with van der Waals surface area (Å²) in [5.41, 5.74) is 1.85. The summed E-state index contributed by atoms with van der Waals surface area (Å²) in [6.45, 7) is 2.42. The van der Waals surface area contributed by atoms with Gasteiger partial charge in [-0.05, 0) is 29.8 Å². The molecular formula is C18H20N2O3. The third kappa shape index (κ3) is 4.55. The van der Waals surface area contributed by atoms with E-state index < -0.39 is 6.10 Å². The summed E-state index contributed by atoms with van der Waals surface area (Å²) in [6, 6.07) is 17.3. The Kier molecular flexibility index (Phi) is 5.24. The van der Waals surface area contributed by atoms with Crippen molar-refractivity contribution in [3.63, 3.8) is 0 Å².